The Kier molecular flexibility index (Phi) is 7.85. The molecule has 0 aliphatic carbocycles. The van der Waals surface area contributed by atoms with Crippen molar-refractivity contribution in [3.8, 4) is 17.0 Å². The van der Waals surface area contributed by atoms with Gasteiger partial charge in [-0.05, 0) is 54.8 Å². The van der Waals surface area contributed by atoms with Gasteiger partial charge >= 0.3 is 0 Å². The molecule has 0 fully saturated rings. The fourth-order valence-electron chi connectivity index (χ4n) is 4.68. The van der Waals surface area contributed by atoms with Crippen molar-refractivity contribution in [2.45, 2.75) is 45.6 Å². The molecule has 0 unspecified atom stereocenters. The first-order valence-corrected chi connectivity index (χ1v) is 12.3. The summed E-state index contributed by atoms with van der Waals surface area (Å²) in [5.41, 5.74) is 4.12. The fourth-order valence-corrected chi connectivity index (χ4v) is 4.68. The zero-order chi connectivity index (χ0) is 24.8. The van der Waals surface area contributed by atoms with Gasteiger partial charge in [0.25, 0.3) is 5.91 Å². The van der Waals surface area contributed by atoms with Crippen LogP contribution in [0.25, 0.3) is 11.3 Å². The van der Waals surface area contributed by atoms with Gasteiger partial charge in [0.1, 0.15) is 5.75 Å². The van der Waals surface area contributed by atoms with Gasteiger partial charge < -0.3 is 14.5 Å². The second kappa shape index (κ2) is 11.2. The third-order valence-electron chi connectivity index (χ3n) is 6.61. The first kappa shape index (κ1) is 24.5. The van der Waals surface area contributed by atoms with E-state index in [9.17, 15) is 9.59 Å². The molecule has 0 atom stereocenters. The zero-order valence-corrected chi connectivity index (χ0v) is 20.9. The molecule has 0 saturated heterocycles. The minimum atomic E-state index is -0.0957. The van der Waals surface area contributed by atoms with Crippen molar-refractivity contribution < 1.29 is 14.3 Å². The number of amides is 2. The monoisotopic (exact) mass is 474 g/mol. The molecule has 4 rings (SSSR count). The van der Waals surface area contributed by atoms with Gasteiger partial charge in [0.05, 0.1) is 12.8 Å². The van der Waals surface area contributed by atoms with E-state index < -0.39 is 0 Å². The van der Waals surface area contributed by atoms with Crippen molar-refractivity contribution in [3.05, 3.63) is 65.9 Å². The highest BCUT2D eigenvalue weighted by molar-refractivity contribution is 5.94. The predicted octanol–water partition coefficient (Wildman–Crippen LogP) is 5.06. The summed E-state index contributed by atoms with van der Waals surface area (Å²) in [5.74, 6) is 0.715. The van der Waals surface area contributed by atoms with Crippen LogP contribution in [0.2, 0.25) is 0 Å². The first-order chi connectivity index (χ1) is 17.0. The lowest BCUT2D eigenvalue weighted by Crippen LogP contribution is -2.35. The maximum Gasteiger partial charge on any atom is 0.274 e. The largest absolute Gasteiger partial charge is 0.497 e. The van der Waals surface area contributed by atoms with Gasteiger partial charge in [0.15, 0.2) is 5.69 Å². The number of fused-ring (bicyclic) bond motifs is 1. The highest BCUT2D eigenvalue weighted by Crippen LogP contribution is 2.27. The molecular formula is C28H34N4O3. The molecule has 1 aromatic heterocycles. The van der Waals surface area contributed by atoms with Crippen molar-refractivity contribution in [2.24, 2.45) is 7.05 Å². The predicted molar refractivity (Wildman–Crippen MR) is 137 cm³/mol. The summed E-state index contributed by atoms with van der Waals surface area (Å²) in [4.78, 5) is 29.9. The summed E-state index contributed by atoms with van der Waals surface area (Å²) in [6, 6.07) is 17.5. The van der Waals surface area contributed by atoms with E-state index in [1.165, 1.54) is 0 Å². The molecule has 2 aromatic carbocycles. The van der Waals surface area contributed by atoms with Crippen molar-refractivity contribution >= 4 is 17.5 Å². The molecular weight excluding hydrogens is 440 g/mol. The summed E-state index contributed by atoms with van der Waals surface area (Å²) in [7, 11) is 3.49. The highest BCUT2D eigenvalue weighted by Gasteiger charge is 2.23. The lowest BCUT2D eigenvalue weighted by Gasteiger charge is -2.28. The van der Waals surface area contributed by atoms with Crippen LogP contribution in [-0.2, 0) is 18.4 Å². The number of nitrogens with zero attached hydrogens (tertiary/aromatic N) is 4. The number of rotatable bonds is 3. The van der Waals surface area contributed by atoms with E-state index in [1.807, 2.05) is 71.4 Å². The second-order valence-electron chi connectivity index (χ2n) is 9.06. The van der Waals surface area contributed by atoms with Crippen LogP contribution in [0.3, 0.4) is 0 Å². The van der Waals surface area contributed by atoms with Crippen molar-refractivity contribution in [3.63, 3.8) is 0 Å². The summed E-state index contributed by atoms with van der Waals surface area (Å²) in [6.45, 7) is 3.40. The molecule has 1 aliphatic heterocycles. The Bertz CT molecular complexity index is 1170. The number of carbonyl (C=O) groups excluding carboxylic acids is 2. The number of benzene rings is 2. The molecule has 35 heavy (non-hydrogen) atoms. The minimum Gasteiger partial charge on any atom is -0.497 e. The Morgan fingerprint density at radius 1 is 0.914 bits per heavy atom. The quantitative estimate of drug-likeness (QED) is 0.532. The van der Waals surface area contributed by atoms with Gasteiger partial charge in [-0.25, -0.2) is 0 Å². The SMILES string of the molecule is COc1ccc(-c2cc(C(=O)N3CCCCCCCN(C(C)=O)c4ccccc4C3)nn2C)cc1. The van der Waals surface area contributed by atoms with Crippen LogP contribution < -0.4 is 9.64 Å². The molecule has 7 nitrogen and oxygen atoms in total. The molecule has 0 spiro atoms. The first-order valence-electron chi connectivity index (χ1n) is 12.3. The number of para-hydroxylation sites is 1. The average molecular weight is 475 g/mol. The molecule has 2 heterocycles. The maximum atomic E-state index is 13.7. The lowest BCUT2D eigenvalue weighted by molar-refractivity contribution is -0.116. The number of carbonyl (C=O) groups is 2. The number of aryl methyl sites for hydroxylation is 1. The van der Waals surface area contributed by atoms with Crippen LogP contribution >= 0.6 is 0 Å². The fraction of sp³-hybridized carbons (Fsp3) is 0.393. The van der Waals surface area contributed by atoms with Crippen LogP contribution in [0.1, 0.15) is 55.1 Å². The van der Waals surface area contributed by atoms with Crippen molar-refractivity contribution in [1.82, 2.24) is 14.7 Å². The van der Waals surface area contributed by atoms with Gasteiger partial charge in [-0.3, -0.25) is 14.3 Å². The lowest BCUT2D eigenvalue weighted by atomic mass is 10.1. The summed E-state index contributed by atoms with van der Waals surface area (Å²) >= 11 is 0. The van der Waals surface area contributed by atoms with E-state index in [4.69, 9.17) is 4.74 Å². The number of anilines is 1. The number of methoxy groups -OCH3 is 1. The third kappa shape index (κ3) is 5.73. The molecule has 0 saturated carbocycles. The minimum absolute atomic E-state index is 0.0289. The molecule has 2 amide bonds. The molecule has 0 bridgehead atoms. The molecule has 184 valence electrons. The normalized spacial score (nSPS) is 15.1. The summed E-state index contributed by atoms with van der Waals surface area (Å²) < 4.78 is 7.01. The standard InChI is InChI=1S/C28H34N4O3/c1-21(33)32-18-10-6-4-5-9-17-31(20-23-11-7-8-12-26(23)32)28(34)25-19-27(30(2)29-25)22-13-15-24(35-3)16-14-22/h7-8,11-16,19H,4-6,9-10,17-18,20H2,1-3H3. The average Bonchev–Trinajstić information content (AvgIpc) is 3.25. The third-order valence-corrected chi connectivity index (χ3v) is 6.61. The van der Waals surface area contributed by atoms with Crippen LogP contribution in [0, 0.1) is 0 Å². The van der Waals surface area contributed by atoms with Gasteiger partial charge in [-0.15, -0.1) is 0 Å². The van der Waals surface area contributed by atoms with E-state index in [0.29, 0.717) is 25.3 Å². The van der Waals surface area contributed by atoms with Gasteiger partial charge in [0, 0.05) is 44.9 Å². The van der Waals surface area contributed by atoms with Crippen LogP contribution in [-0.4, -0.2) is 46.7 Å². The Balaban J connectivity index is 1.64. The Morgan fingerprint density at radius 3 is 2.31 bits per heavy atom. The number of hydrogen-bond donors (Lipinski definition) is 0. The van der Waals surface area contributed by atoms with E-state index in [2.05, 4.69) is 5.10 Å². The molecule has 0 radical (unpaired) electrons. The smallest absolute Gasteiger partial charge is 0.274 e. The summed E-state index contributed by atoms with van der Waals surface area (Å²) in [5, 5.41) is 4.56. The van der Waals surface area contributed by atoms with E-state index >= 15 is 0 Å². The van der Waals surface area contributed by atoms with E-state index in [0.717, 1.165) is 60.4 Å². The second-order valence-corrected chi connectivity index (χ2v) is 9.06. The van der Waals surface area contributed by atoms with E-state index in [1.54, 1.807) is 18.7 Å². The van der Waals surface area contributed by atoms with Crippen LogP contribution in [0.15, 0.2) is 54.6 Å². The topological polar surface area (TPSA) is 67.7 Å². The molecule has 0 N–H and O–H groups in total. The van der Waals surface area contributed by atoms with Gasteiger partial charge in [0.2, 0.25) is 5.91 Å². The Hall–Kier alpha value is -3.61. The van der Waals surface area contributed by atoms with Crippen molar-refractivity contribution in [2.75, 3.05) is 25.1 Å². The van der Waals surface area contributed by atoms with E-state index in [-0.39, 0.29) is 11.8 Å². The van der Waals surface area contributed by atoms with Gasteiger partial charge in [-0.1, -0.05) is 37.5 Å². The highest BCUT2D eigenvalue weighted by atomic mass is 16.5. The number of ether oxygens (including phenoxy) is 1. The molecule has 3 aromatic rings. The molecule has 1 aliphatic rings. The Morgan fingerprint density at radius 2 is 1.60 bits per heavy atom. The Labute approximate surface area is 207 Å². The van der Waals surface area contributed by atoms with Crippen LogP contribution in [0.4, 0.5) is 5.69 Å². The molecule has 7 heteroatoms. The van der Waals surface area contributed by atoms with Crippen LogP contribution in [0.5, 0.6) is 5.75 Å². The van der Waals surface area contributed by atoms with Crippen molar-refractivity contribution in [1.29, 1.82) is 0 Å². The number of aromatic nitrogens is 2. The maximum absolute atomic E-state index is 13.7. The van der Waals surface area contributed by atoms with Gasteiger partial charge in [-0.2, -0.15) is 5.10 Å². The number of hydrogen-bond acceptors (Lipinski definition) is 4. The summed E-state index contributed by atoms with van der Waals surface area (Å²) in [6.07, 6.45) is 5.16. The zero-order valence-electron chi connectivity index (χ0n) is 20.9.